The summed E-state index contributed by atoms with van der Waals surface area (Å²) in [5.41, 5.74) is 0.738. The molecule has 0 atom stereocenters. The summed E-state index contributed by atoms with van der Waals surface area (Å²) < 4.78 is 2.50. The highest BCUT2D eigenvalue weighted by atomic mass is 32.2. The molecular weight excluding hydrogens is 376 g/mol. The zero-order valence-corrected chi connectivity index (χ0v) is 16.4. The van der Waals surface area contributed by atoms with Crippen LogP contribution in [0.25, 0.3) is 10.9 Å². The van der Waals surface area contributed by atoms with Crippen LogP contribution >= 0.6 is 11.9 Å². The number of benzene rings is 2. The van der Waals surface area contributed by atoms with E-state index in [0.29, 0.717) is 23.9 Å². The van der Waals surface area contributed by atoms with Crippen LogP contribution in [0, 0.1) is 0 Å². The van der Waals surface area contributed by atoms with Gasteiger partial charge in [0.25, 0.3) is 5.56 Å². The van der Waals surface area contributed by atoms with Crippen LogP contribution in [0.5, 0.6) is 0 Å². The monoisotopic (exact) mass is 398 g/mol. The Morgan fingerprint density at radius 1 is 1.07 bits per heavy atom. The molecule has 0 saturated heterocycles. The first-order chi connectivity index (χ1) is 13.5. The number of para-hydroxylation sites is 1. The molecule has 1 aromatic heterocycles. The van der Waals surface area contributed by atoms with Crippen LogP contribution in [-0.2, 0) is 24.3 Å². The molecule has 28 heavy (non-hydrogen) atoms. The maximum absolute atomic E-state index is 12.7. The predicted octanol–water partition coefficient (Wildman–Crippen LogP) is 1.51. The molecule has 1 amide bonds. The molecule has 146 valence electrons. The highest BCUT2D eigenvalue weighted by Crippen LogP contribution is 2.12. The number of amides is 1. The van der Waals surface area contributed by atoms with Crippen LogP contribution in [0.15, 0.2) is 63.0 Å². The lowest BCUT2D eigenvalue weighted by atomic mass is 10.1. The number of nitrogens with zero attached hydrogens (tertiary/aromatic N) is 2. The smallest absolute Gasteiger partial charge is 0.331 e. The number of carbonyl (C=O) groups excluding carboxylic acids is 1. The minimum absolute atomic E-state index is 0.137. The number of nitrogens with two attached hydrogens (primary N) is 1. The molecule has 2 aromatic carbocycles. The van der Waals surface area contributed by atoms with Gasteiger partial charge in [0.15, 0.2) is 0 Å². The minimum Gasteiger partial charge on any atom is -0.354 e. The molecule has 0 aliphatic rings. The first-order valence-electron chi connectivity index (χ1n) is 9.00. The normalized spacial score (nSPS) is 10.9. The SMILES string of the molecule is CCn1c(=O)c2ccccc2n(CC(=O)NCCc2ccc(SN)cc2)c1=O. The maximum atomic E-state index is 12.7. The molecule has 0 aliphatic heterocycles. The molecule has 3 aromatic rings. The summed E-state index contributed by atoms with van der Waals surface area (Å²) in [7, 11) is 0. The van der Waals surface area contributed by atoms with Crippen molar-refractivity contribution in [1.82, 2.24) is 14.5 Å². The number of hydrogen-bond acceptors (Lipinski definition) is 5. The Balaban J connectivity index is 1.74. The second kappa shape index (κ2) is 8.90. The van der Waals surface area contributed by atoms with Gasteiger partial charge in [0.05, 0.1) is 10.9 Å². The van der Waals surface area contributed by atoms with Crippen LogP contribution in [0.1, 0.15) is 12.5 Å². The predicted molar refractivity (Wildman–Crippen MR) is 111 cm³/mol. The molecule has 8 heteroatoms. The van der Waals surface area contributed by atoms with Gasteiger partial charge in [0.1, 0.15) is 6.54 Å². The van der Waals surface area contributed by atoms with Crippen molar-refractivity contribution < 1.29 is 4.79 Å². The Kier molecular flexibility index (Phi) is 6.33. The van der Waals surface area contributed by atoms with E-state index >= 15 is 0 Å². The third-order valence-electron chi connectivity index (χ3n) is 4.55. The topological polar surface area (TPSA) is 99.1 Å². The number of hydrogen-bond donors (Lipinski definition) is 2. The minimum atomic E-state index is -0.476. The number of aromatic nitrogens is 2. The fourth-order valence-electron chi connectivity index (χ4n) is 3.08. The Bertz CT molecular complexity index is 1100. The summed E-state index contributed by atoms with van der Waals surface area (Å²) in [6, 6.07) is 14.6. The van der Waals surface area contributed by atoms with Crippen LogP contribution in [0.4, 0.5) is 0 Å². The van der Waals surface area contributed by atoms with Crippen molar-refractivity contribution >= 4 is 28.8 Å². The van der Waals surface area contributed by atoms with Gasteiger partial charge in [-0.05, 0) is 55.1 Å². The van der Waals surface area contributed by atoms with Gasteiger partial charge in [-0.15, -0.1) is 0 Å². The van der Waals surface area contributed by atoms with Gasteiger partial charge < -0.3 is 5.32 Å². The van der Waals surface area contributed by atoms with Gasteiger partial charge in [-0.3, -0.25) is 23.9 Å². The lowest BCUT2D eigenvalue weighted by molar-refractivity contribution is -0.121. The molecule has 0 unspecified atom stereocenters. The second-order valence-electron chi connectivity index (χ2n) is 6.30. The fraction of sp³-hybridized carbons (Fsp3) is 0.250. The number of rotatable bonds is 7. The molecule has 7 nitrogen and oxygen atoms in total. The van der Waals surface area contributed by atoms with E-state index in [1.54, 1.807) is 31.2 Å². The third kappa shape index (κ3) is 4.18. The van der Waals surface area contributed by atoms with E-state index in [1.807, 2.05) is 24.3 Å². The number of fused-ring (bicyclic) bond motifs is 1. The molecule has 0 radical (unpaired) electrons. The van der Waals surface area contributed by atoms with Gasteiger partial charge >= 0.3 is 5.69 Å². The summed E-state index contributed by atoms with van der Waals surface area (Å²) in [6.07, 6.45) is 0.672. The van der Waals surface area contributed by atoms with Crippen molar-refractivity contribution in [3.63, 3.8) is 0 Å². The average molecular weight is 398 g/mol. The van der Waals surface area contributed by atoms with E-state index in [1.165, 1.54) is 16.5 Å². The Morgan fingerprint density at radius 2 is 1.79 bits per heavy atom. The Morgan fingerprint density at radius 3 is 2.46 bits per heavy atom. The average Bonchev–Trinajstić information content (AvgIpc) is 2.72. The molecule has 0 spiro atoms. The van der Waals surface area contributed by atoms with Crippen molar-refractivity contribution in [2.45, 2.75) is 31.3 Å². The molecule has 3 N–H and O–H groups in total. The van der Waals surface area contributed by atoms with E-state index in [9.17, 15) is 14.4 Å². The standard InChI is InChI=1S/C20H22N4O3S/c1-2-23-19(26)16-5-3-4-6-17(16)24(20(23)27)13-18(25)22-12-11-14-7-9-15(28-21)10-8-14/h3-10H,2,11-13,21H2,1H3,(H,22,25). The van der Waals surface area contributed by atoms with Gasteiger partial charge in [0, 0.05) is 18.0 Å². The van der Waals surface area contributed by atoms with E-state index < -0.39 is 5.69 Å². The molecule has 0 bridgehead atoms. The molecule has 3 rings (SSSR count). The summed E-state index contributed by atoms with van der Waals surface area (Å²) in [4.78, 5) is 38.5. The zero-order chi connectivity index (χ0) is 20.1. The molecule has 0 saturated carbocycles. The molecule has 0 fully saturated rings. The Hall–Kier alpha value is -2.84. The second-order valence-corrected chi connectivity index (χ2v) is 7.00. The van der Waals surface area contributed by atoms with Crippen molar-refractivity contribution in [3.05, 3.63) is 74.9 Å². The number of nitrogens with one attached hydrogen (secondary N) is 1. The van der Waals surface area contributed by atoms with Crippen LogP contribution in [0.3, 0.4) is 0 Å². The Labute approximate surface area is 166 Å². The molecule has 1 heterocycles. The molecule has 0 aliphatic carbocycles. The van der Waals surface area contributed by atoms with Gasteiger partial charge in [-0.2, -0.15) is 0 Å². The fourth-order valence-corrected chi connectivity index (χ4v) is 3.38. The van der Waals surface area contributed by atoms with Gasteiger partial charge in [-0.25, -0.2) is 4.79 Å². The summed E-state index contributed by atoms with van der Waals surface area (Å²) in [5.74, 6) is -0.275. The highest BCUT2D eigenvalue weighted by molar-refractivity contribution is 7.97. The maximum Gasteiger partial charge on any atom is 0.331 e. The quantitative estimate of drug-likeness (QED) is 0.588. The van der Waals surface area contributed by atoms with E-state index in [0.717, 1.165) is 15.0 Å². The van der Waals surface area contributed by atoms with Crippen molar-refractivity contribution in [1.29, 1.82) is 0 Å². The highest BCUT2D eigenvalue weighted by Gasteiger charge is 2.14. The van der Waals surface area contributed by atoms with Crippen molar-refractivity contribution in [3.8, 4) is 0 Å². The summed E-state index contributed by atoms with van der Waals surface area (Å²) >= 11 is 1.19. The first-order valence-corrected chi connectivity index (χ1v) is 9.88. The van der Waals surface area contributed by atoms with Crippen LogP contribution in [-0.4, -0.2) is 21.6 Å². The van der Waals surface area contributed by atoms with Crippen LogP contribution < -0.4 is 21.7 Å². The van der Waals surface area contributed by atoms with E-state index in [4.69, 9.17) is 5.14 Å². The van der Waals surface area contributed by atoms with Crippen molar-refractivity contribution in [2.24, 2.45) is 5.14 Å². The summed E-state index contributed by atoms with van der Waals surface area (Å²) in [6.45, 7) is 2.30. The van der Waals surface area contributed by atoms with E-state index in [-0.39, 0.29) is 24.6 Å². The zero-order valence-electron chi connectivity index (χ0n) is 15.6. The lowest BCUT2D eigenvalue weighted by Crippen LogP contribution is -2.42. The van der Waals surface area contributed by atoms with Gasteiger partial charge in [-0.1, -0.05) is 24.3 Å². The first kappa shape index (κ1) is 19.9. The van der Waals surface area contributed by atoms with Crippen LogP contribution in [0.2, 0.25) is 0 Å². The van der Waals surface area contributed by atoms with Crippen molar-refractivity contribution in [2.75, 3.05) is 6.54 Å². The lowest BCUT2D eigenvalue weighted by Gasteiger charge is -2.13. The largest absolute Gasteiger partial charge is 0.354 e. The third-order valence-corrected chi connectivity index (χ3v) is 5.09. The summed E-state index contributed by atoms with van der Waals surface area (Å²) in [5, 5.41) is 8.77. The molecular formula is C20H22N4O3S. The van der Waals surface area contributed by atoms with Gasteiger partial charge in [0.2, 0.25) is 5.91 Å². The van der Waals surface area contributed by atoms with E-state index in [2.05, 4.69) is 5.32 Å². The number of carbonyl (C=O) groups is 1.